The molecule has 0 unspecified atom stereocenters. The number of hydrogen-bond acceptors (Lipinski definition) is 2. The molecule has 3 nitrogen and oxygen atoms in total. The van der Waals surface area contributed by atoms with E-state index in [1.165, 1.54) is 5.56 Å². The molecule has 3 heteroatoms. The van der Waals surface area contributed by atoms with Crippen LogP contribution in [0.25, 0.3) is 0 Å². The van der Waals surface area contributed by atoms with Crippen molar-refractivity contribution in [2.45, 2.75) is 39.0 Å². The van der Waals surface area contributed by atoms with Crippen molar-refractivity contribution >= 4 is 11.6 Å². The summed E-state index contributed by atoms with van der Waals surface area (Å²) in [4.78, 5) is 14.0. The van der Waals surface area contributed by atoms with E-state index in [0.29, 0.717) is 6.42 Å². The van der Waals surface area contributed by atoms with Crippen LogP contribution in [0.2, 0.25) is 0 Å². The number of hydrogen-bond donors (Lipinski definition) is 1. The summed E-state index contributed by atoms with van der Waals surface area (Å²) < 4.78 is 0. The van der Waals surface area contributed by atoms with E-state index in [0.717, 1.165) is 18.7 Å². The number of amides is 1. The van der Waals surface area contributed by atoms with Crippen molar-refractivity contribution < 1.29 is 4.79 Å². The summed E-state index contributed by atoms with van der Waals surface area (Å²) >= 11 is 0. The van der Waals surface area contributed by atoms with E-state index >= 15 is 0 Å². The number of para-hydroxylation sites is 1. The second kappa shape index (κ2) is 6.71. The molecule has 0 heterocycles. The molecule has 1 amide bonds. The number of benzene rings is 1. The van der Waals surface area contributed by atoms with E-state index in [-0.39, 0.29) is 11.3 Å². The second-order valence-electron chi connectivity index (χ2n) is 6.25. The number of nitrogens with zero attached hydrogens (tertiary/aromatic N) is 1. The van der Waals surface area contributed by atoms with Crippen molar-refractivity contribution in [1.82, 2.24) is 4.90 Å². The topological polar surface area (TPSA) is 32.3 Å². The molecule has 0 aliphatic heterocycles. The Morgan fingerprint density at radius 1 is 1.21 bits per heavy atom. The van der Waals surface area contributed by atoms with Gasteiger partial charge in [-0.2, -0.15) is 0 Å². The molecule has 0 aromatic heterocycles. The van der Waals surface area contributed by atoms with E-state index in [9.17, 15) is 4.79 Å². The fourth-order valence-electron chi connectivity index (χ4n) is 2.01. The van der Waals surface area contributed by atoms with Gasteiger partial charge in [-0.05, 0) is 44.1 Å². The molecule has 0 atom stereocenters. The lowest BCUT2D eigenvalue weighted by molar-refractivity contribution is -0.116. The standard InChI is InChI=1S/C16H26N2O/c1-16(2,3)13-9-6-7-10-14(13)17-15(19)11-8-12-18(4)5/h6-7,9-10H,8,11-12H2,1-5H3,(H,17,19). The third-order valence-corrected chi connectivity index (χ3v) is 3.02. The number of anilines is 1. The third-order valence-electron chi connectivity index (χ3n) is 3.02. The van der Waals surface area contributed by atoms with Crippen LogP contribution in [0.4, 0.5) is 5.69 Å². The SMILES string of the molecule is CN(C)CCCC(=O)Nc1ccccc1C(C)(C)C. The van der Waals surface area contributed by atoms with Gasteiger partial charge in [0.1, 0.15) is 0 Å². The van der Waals surface area contributed by atoms with Crippen molar-refractivity contribution in [3.63, 3.8) is 0 Å². The lowest BCUT2D eigenvalue weighted by Gasteiger charge is -2.23. The van der Waals surface area contributed by atoms with E-state index in [1.807, 2.05) is 32.3 Å². The van der Waals surface area contributed by atoms with Crippen LogP contribution >= 0.6 is 0 Å². The van der Waals surface area contributed by atoms with E-state index in [2.05, 4.69) is 37.1 Å². The molecule has 106 valence electrons. The normalized spacial score (nSPS) is 11.7. The molecule has 19 heavy (non-hydrogen) atoms. The molecule has 0 saturated heterocycles. The highest BCUT2D eigenvalue weighted by atomic mass is 16.1. The van der Waals surface area contributed by atoms with Crippen LogP contribution in [-0.2, 0) is 10.2 Å². The molecule has 0 aliphatic carbocycles. The average Bonchev–Trinajstić information content (AvgIpc) is 2.27. The Morgan fingerprint density at radius 3 is 2.42 bits per heavy atom. The van der Waals surface area contributed by atoms with Crippen molar-refractivity contribution in [3.05, 3.63) is 29.8 Å². The Bertz CT molecular complexity index is 419. The van der Waals surface area contributed by atoms with Crippen molar-refractivity contribution in [3.8, 4) is 0 Å². The molecular weight excluding hydrogens is 236 g/mol. The Kier molecular flexibility index (Phi) is 5.55. The van der Waals surface area contributed by atoms with Gasteiger partial charge in [0.25, 0.3) is 0 Å². The van der Waals surface area contributed by atoms with Crippen LogP contribution in [0, 0.1) is 0 Å². The molecule has 1 rings (SSSR count). The van der Waals surface area contributed by atoms with Gasteiger partial charge in [0.15, 0.2) is 0 Å². The van der Waals surface area contributed by atoms with Crippen molar-refractivity contribution in [2.24, 2.45) is 0 Å². The van der Waals surface area contributed by atoms with Gasteiger partial charge in [-0.1, -0.05) is 39.0 Å². The molecule has 0 aliphatic rings. The highest BCUT2D eigenvalue weighted by Crippen LogP contribution is 2.29. The van der Waals surface area contributed by atoms with Crippen LogP contribution in [0.3, 0.4) is 0 Å². The van der Waals surface area contributed by atoms with Crippen LogP contribution < -0.4 is 5.32 Å². The number of rotatable bonds is 5. The predicted molar refractivity (Wildman–Crippen MR) is 81.6 cm³/mol. The molecule has 0 bridgehead atoms. The smallest absolute Gasteiger partial charge is 0.224 e. The summed E-state index contributed by atoms with van der Waals surface area (Å²) in [6, 6.07) is 8.03. The minimum absolute atomic E-state index is 0.0352. The van der Waals surface area contributed by atoms with Gasteiger partial charge in [0.2, 0.25) is 5.91 Å². The monoisotopic (exact) mass is 262 g/mol. The zero-order valence-electron chi connectivity index (χ0n) is 12.8. The number of nitrogens with one attached hydrogen (secondary N) is 1. The second-order valence-corrected chi connectivity index (χ2v) is 6.25. The predicted octanol–water partition coefficient (Wildman–Crippen LogP) is 3.26. The Labute approximate surface area is 117 Å². The minimum Gasteiger partial charge on any atom is -0.326 e. The first kappa shape index (κ1) is 15.7. The molecular formula is C16H26N2O. The Hall–Kier alpha value is -1.35. The molecule has 1 aromatic carbocycles. The molecule has 0 saturated carbocycles. The quantitative estimate of drug-likeness (QED) is 0.883. The Balaban J connectivity index is 2.64. The van der Waals surface area contributed by atoms with Gasteiger partial charge >= 0.3 is 0 Å². The summed E-state index contributed by atoms with van der Waals surface area (Å²) in [5, 5.41) is 3.03. The number of carbonyl (C=O) groups is 1. The van der Waals surface area contributed by atoms with Gasteiger partial charge in [-0.3, -0.25) is 4.79 Å². The van der Waals surface area contributed by atoms with Crippen molar-refractivity contribution in [1.29, 1.82) is 0 Å². The van der Waals surface area contributed by atoms with E-state index < -0.39 is 0 Å². The summed E-state index contributed by atoms with van der Waals surface area (Å²) in [5.41, 5.74) is 2.15. The van der Waals surface area contributed by atoms with Gasteiger partial charge < -0.3 is 10.2 Å². The van der Waals surface area contributed by atoms with Crippen LogP contribution in [0.15, 0.2) is 24.3 Å². The van der Waals surface area contributed by atoms with Crippen LogP contribution in [0.1, 0.15) is 39.2 Å². The summed E-state index contributed by atoms with van der Waals surface area (Å²) in [7, 11) is 4.04. The minimum atomic E-state index is 0.0352. The van der Waals surface area contributed by atoms with Crippen LogP contribution in [0.5, 0.6) is 0 Å². The molecule has 1 aromatic rings. The zero-order valence-corrected chi connectivity index (χ0v) is 12.8. The van der Waals surface area contributed by atoms with Crippen LogP contribution in [-0.4, -0.2) is 31.4 Å². The zero-order chi connectivity index (χ0) is 14.5. The maximum atomic E-state index is 11.9. The maximum Gasteiger partial charge on any atom is 0.224 e. The lowest BCUT2D eigenvalue weighted by Crippen LogP contribution is -2.20. The lowest BCUT2D eigenvalue weighted by atomic mass is 9.86. The average molecular weight is 262 g/mol. The highest BCUT2D eigenvalue weighted by molar-refractivity contribution is 5.91. The fraction of sp³-hybridized carbons (Fsp3) is 0.562. The first-order valence-corrected chi connectivity index (χ1v) is 6.85. The summed E-state index contributed by atoms with van der Waals surface area (Å²) in [5.74, 6) is 0.0959. The largest absolute Gasteiger partial charge is 0.326 e. The number of carbonyl (C=O) groups excluding carboxylic acids is 1. The maximum absolute atomic E-state index is 11.9. The first-order valence-electron chi connectivity index (χ1n) is 6.85. The highest BCUT2D eigenvalue weighted by Gasteiger charge is 2.18. The van der Waals surface area contributed by atoms with Gasteiger partial charge in [-0.25, -0.2) is 0 Å². The first-order chi connectivity index (χ1) is 8.80. The Morgan fingerprint density at radius 2 is 1.84 bits per heavy atom. The molecule has 0 spiro atoms. The van der Waals surface area contributed by atoms with Gasteiger partial charge in [0, 0.05) is 12.1 Å². The van der Waals surface area contributed by atoms with E-state index in [4.69, 9.17) is 0 Å². The van der Waals surface area contributed by atoms with Gasteiger partial charge in [-0.15, -0.1) is 0 Å². The fourth-order valence-corrected chi connectivity index (χ4v) is 2.01. The third kappa shape index (κ3) is 5.43. The summed E-state index contributed by atoms with van der Waals surface area (Å²) in [6.45, 7) is 7.41. The molecule has 0 radical (unpaired) electrons. The molecule has 0 fully saturated rings. The van der Waals surface area contributed by atoms with E-state index in [1.54, 1.807) is 0 Å². The van der Waals surface area contributed by atoms with Crippen molar-refractivity contribution in [2.75, 3.05) is 26.0 Å². The molecule has 1 N–H and O–H groups in total. The van der Waals surface area contributed by atoms with Gasteiger partial charge in [0.05, 0.1) is 0 Å². The summed E-state index contributed by atoms with van der Waals surface area (Å²) in [6.07, 6.45) is 1.45.